The van der Waals surface area contributed by atoms with Crippen molar-refractivity contribution in [1.82, 2.24) is 5.32 Å². The Morgan fingerprint density at radius 3 is 1.14 bits per heavy atom. The zero-order valence-electron chi connectivity index (χ0n) is 47.5. The molecule has 0 saturated heterocycles. The van der Waals surface area contributed by atoms with Crippen molar-refractivity contribution in [3.05, 3.63) is 24.3 Å². The van der Waals surface area contributed by atoms with Crippen LogP contribution in [0.25, 0.3) is 0 Å². The van der Waals surface area contributed by atoms with Crippen LogP contribution in [0.2, 0.25) is 0 Å². The van der Waals surface area contributed by atoms with E-state index in [4.69, 9.17) is 9.05 Å². The summed E-state index contributed by atoms with van der Waals surface area (Å²) in [6, 6.07) is -0.860. The molecule has 0 spiro atoms. The molecule has 1 amide bonds. The summed E-state index contributed by atoms with van der Waals surface area (Å²) >= 11 is 0. The van der Waals surface area contributed by atoms with E-state index in [1.807, 2.05) is 27.2 Å². The molecule has 3 N–H and O–H groups in total. The molecule has 0 radical (unpaired) electrons. The number of aliphatic hydroxyl groups is 1. The van der Waals surface area contributed by atoms with Gasteiger partial charge in [-0.05, 0) is 32.1 Å². The lowest BCUT2D eigenvalue weighted by Gasteiger charge is -2.25. The van der Waals surface area contributed by atoms with Gasteiger partial charge in [0.15, 0.2) is 0 Å². The average molecular weight is 1010 g/mol. The van der Waals surface area contributed by atoms with E-state index >= 15 is 0 Å². The third kappa shape index (κ3) is 54.7. The SMILES string of the molecule is CCCCCCCCCCCCCCCCCCCCCCCCCCC/C=C/CC/C=C/C(O)C(COP(=O)(O)OCC[N+](C)(C)C)NC(=O)CCCCCCCCCCCCCCCCCCC. The van der Waals surface area contributed by atoms with Gasteiger partial charge in [0.2, 0.25) is 5.91 Å². The number of nitrogens with zero attached hydrogens (tertiary/aromatic N) is 1. The highest BCUT2D eigenvalue weighted by Crippen LogP contribution is 2.43. The predicted octanol–water partition coefficient (Wildman–Crippen LogP) is 18.8. The number of carbonyl (C=O) groups is 1. The fraction of sp³-hybridized carbons (Fsp3) is 0.918. The molecule has 0 fully saturated rings. The molecule has 3 unspecified atom stereocenters. The van der Waals surface area contributed by atoms with Gasteiger partial charge < -0.3 is 19.8 Å². The van der Waals surface area contributed by atoms with E-state index in [0.29, 0.717) is 17.4 Å². The fourth-order valence-electron chi connectivity index (χ4n) is 9.36. The molecule has 0 bridgehead atoms. The van der Waals surface area contributed by atoms with Crippen LogP contribution in [-0.2, 0) is 18.4 Å². The first-order valence-electron chi connectivity index (χ1n) is 30.7. The highest BCUT2D eigenvalue weighted by Gasteiger charge is 2.27. The summed E-state index contributed by atoms with van der Waals surface area (Å²) in [5, 5.41) is 13.9. The van der Waals surface area contributed by atoms with E-state index in [0.717, 1.165) is 38.5 Å². The van der Waals surface area contributed by atoms with Gasteiger partial charge in [-0.25, -0.2) is 4.57 Å². The average Bonchev–Trinajstić information content (AvgIpc) is 3.32. The molecular weight excluding hydrogens is 888 g/mol. The lowest BCUT2D eigenvalue weighted by Crippen LogP contribution is -2.45. The van der Waals surface area contributed by atoms with Gasteiger partial charge in [0, 0.05) is 6.42 Å². The zero-order chi connectivity index (χ0) is 51.3. The molecule has 0 aliphatic carbocycles. The van der Waals surface area contributed by atoms with Gasteiger partial charge in [0.05, 0.1) is 39.9 Å². The van der Waals surface area contributed by atoms with Crippen molar-refractivity contribution in [1.29, 1.82) is 0 Å². The Morgan fingerprint density at radius 2 is 0.786 bits per heavy atom. The Morgan fingerprint density at radius 1 is 0.471 bits per heavy atom. The lowest BCUT2D eigenvalue weighted by molar-refractivity contribution is -0.870. The number of allylic oxidation sites excluding steroid dienone is 3. The van der Waals surface area contributed by atoms with E-state index in [1.54, 1.807) is 6.08 Å². The van der Waals surface area contributed by atoms with E-state index in [1.165, 1.54) is 250 Å². The van der Waals surface area contributed by atoms with E-state index in [-0.39, 0.29) is 19.1 Å². The number of aliphatic hydroxyl groups excluding tert-OH is 1. The normalized spacial score (nSPS) is 14.0. The van der Waals surface area contributed by atoms with Crippen LogP contribution >= 0.6 is 7.82 Å². The topological polar surface area (TPSA) is 105 Å². The highest BCUT2D eigenvalue weighted by atomic mass is 31.2. The number of phosphoric ester groups is 1. The second-order valence-corrected chi connectivity index (χ2v) is 23.9. The summed E-state index contributed by atoms with van der Waals surface area (Å²) in [5.41, 5.74) is 0. The van der Waals surface area contributed by atoms with Gasteiger partial charge >= 0.3 is 7.82 Å². The van der Waals surface area contributed by atoms with Gasteiger partial charge in [-0.1, -0.05) is 295 Å². The van der Waals surface area contributed by atoms with Crippen molar-refractivity contribution in [3.8, 4) is 0 Å². The summed E-state index contributed by atoms with van der Waals surface area (Å²) in [5.74, 6) is -0.181. The molecule has 0 rings (SSSR count). The van der Waals surface area contributed by atoms with Crippen LogP contribution in [0.4, 0.5) is 0 Å². The summed E-state index contributed by atoms with van der Waals surface area (Å²) in [6.07, 6.45) is 67.3. The molecule has 0 aromatic rings. The minimum Gasteiger partial charge on any atom is -0.387 e. The molecule has 8 nitrogen and oxygen atoms in total. The monoisotopic (exact) mass is 1010 g/mol. The van der Waals surface area contributed by atoms with Crippen LogP contribution < -0.4 is 5.32 Å². The van der Waals surface area contributed by atoms with E-state index < -0.39 is 20.0 Å². The summed E-state index contributed by atoms with van der Waals surface area (Å²) < 4.78 is 23.7. The lowest BCUT2D eigenvalue weighted by atomic mass is 10.0. The Bertz CT molecular complexity index is 1190. The van der Waals surface area contributed by atoms with Gasteiger partial charge in [-0.15, -0.1) is 0 Å². The number of hydrogen-bond acceptors (Lipinski definition) is 5. The van der Waals surface area contributed by atoms with Crippen LogP contribution in [0, 0.1) is 0 Å². The largest absolute Gasteiger partial charge is 0.472 e. The van der Waals surface area contributed by atoms with Gasteiger partial charge in [0.1, 0.15) is 13.2 Å². The molecule has 0 heterocycles. The Balaban J connectivity index is 4.12. The minimum absolute atomic E-state index is 0.0588. The van der Waals surface area contributed by atoms with Gasteiger partial charge in [-0.2, -0.15) is 0 Å². The number of phosphoric acid groups is 1. The smallest absolute Gasteiger partial charge is 0.387 e. The van der Waals surface area contributed by atoms with Crippen LogP contribution in [0.1, 0.15) is 309 Å². The number of unbranched alkanes of at least 4 members (excludes halogenated alkanes) is 42. The quantitative estimate of drug-likeness (QED) is 0.0243. The molecule has 0 aromatic carbocycles. The number of amides is 1. The first-order chi connectivity index (χ1) is 34.0. The summed E-state index contributed by atoms with van der Waals surface area (Å²) in [7, 11) is 1.57. The molecule has 3 atom stereocenters. The standard InChI is InChI=1S/C61H121N2O6P/c1-6-8-10-12-14-16-18-20-22-24-25-26-27-28-29-30-31-32-33-34-35-36-37-39-40-42-44-46-48-50-52-54-60(64)59(58-69-70(66,67)68-57-56-63(3,4)5)62-61(65)55-53-51-49-47-45-43-41-38-23-21-19-17-15-13-11-9-7-2/h44,46,52,54,59-60,64H,6-43,45,47-51,53,55-58H2,1-5H3,(H-,62,65,66,67)/p+1/b46-44+,54-52+. The maximum atomic E-state index is 13.0. The number of hydrogen-bond donors (Lipinski definition) is 3. The number of nitrogens with one attached hydrogen (secondary N) is 1. The van der Waals surface area contributed by atoms with Crippen molar-refractivity contribution >= 4 is 13.7 Å². The molecule has 416 valence electrons. The van der Waals surface area contributed by atoms with Crippen LogP contribution in [0.3, 0.4) is 0 Å². The highest BCUT2D eigenvalue weighted by molar-refractivity contribution is 7.47. The first kappa shape index (κ1) is 69.0. The maximum absolute atomic E-state index is 13.0. The van der Waals surface area contributed by atoms with E-state index in [2.05, 4.69) is 31.3 Å². The van der Waals surface area contributed by atoms with Gasteiger partial charge in [-0.3, -0.25) is 13.8 Å². The van der Waals surface area contributed by atoms with Crippen LogP contribution in [0.15, 0.2) is 24.3 Å². The maximum Gasteiger partial charge on any atom is 0.472 e. The second-order valence-electron chi connectivity index (χ2n) is 22.4. The van der Waals surface area contributed by atoms with Crippen molar-refractivity contribution in [2.75, 3.05) is 40.9 Å². The zero-order valence-corrected chi connectivity index (χ0v) is 48.4. The summed E-state index contributed by atoms with van der Waals surface area (Å²) in [6.45, 7) is 4.84. The molecule has 0 aromatic heterocycles. The fourth-order valence-corrected chi connectivity index (χ4v) is 10.1. The molecule has 70 heavy (non-hydrogen) atoms. The molecular formula is C61H122N2O6P+. The third-order valence-corrected chi connectivity index (χ3v) is 15.2. The molecule has 0 saturated carbocycles. The van der Waals surface area contributed by atoms with Gasteiger partial charge in [0.25, 0.3) is 0 Å². The Kier molecular flexibility index (Phi) is 52.1. The van der Waals surface area contributed by atoms with Crippen LogP contribution in [-0.4, -0.2) is 73.4 Å². The van der Waals surface area contributed by atoms with Crippen molar-refractivity contribution < 1.29 is 32.9 Å². The summed E-state index contributed by atoms with van der Waals surface area (Å²) in [4.78, 5) is 23.3. The predicted molar refractivity (Wildman–Crippen MR) is 305 cm³/mol. The number of rotatable bonds is 57. The molecule has 0 aliphatic rings. The number of likely N-dealkylation sites (N-methyl/N-ethyl adjacent to an activating group) is 1. The van der Waals surface area contributed by atoms with Crippen LogP contribution in [0.5, 0.6) is 0 Å². The second kappa shape index (κ2) is 52.8. The molecule has 0 aliphatic heterocycles. The Labute approximate surface area is 436 Å². The number of quaternary nitrogens is 1. The van der Waals surface area contributed by atoms with Crippen molar-refractivity contribution in [2.24, 2.45) is 0 Å². The Hall–Kier alpha value is -1.02. The minimum atomic E-state index is -4.35. The number of carbonyl (C=O) groups excluding carboxylic acids is 1. The third-order valence-electron chi connectivity index (χ3n) is 14.2. The van der Waals surface area contributed by atoms with E-state index in [9.17, 15) is 19.4 Å². The van der Waals surface area contributed by atoms with Crippen molar-refractivity contribution in [2.45, 2.75) is 321 Å². The van der Waals surface area contributed by atoms with Crippen molar-refractivity contribution in [3.63, 3.8) is 0 Å². The molecule has 9 heteroatoms. The first-order valence-corrected chi connectivity index (χ1v) is 32.2.